The van der Waals surface area contributed by atoms with Crippen molar-refractivity contribution in [2.75, 3.05) is 59.1 Å². The van der Waals surface area contributed by atoms with Crippen molar-refractivity contribution < 1.29 is 13.5 Å². The molecule has 0 aliphatic carbocycles. The van der Waals surface area contributed by atoms with E-state index in [0.29, 0.717) is 6.42 Å². The minimum Gasteiger partial charge on any atom is -0.392 e. The molecule has 0 radical (unpaired) electrons. The third-order valence-corrected chi connectivity index (χ3v) is 5.34. The van der Waals surface area contributed by atoms with Crippen LogP contribution in [0.5, 0.6) is 0 Å². The topological polar surface area (TPSA) is 64.1 Å². The second kappa shape index (κ2) is 7.54. The quantitative estimate of drug-likeness (QED) is 0.670. The second-order valence-electron chi connectivity index (χ2n) is 5.44. The summed E-state index contributed by atoms with van der Waals surface area (Å²) in [5, 5.41) is 9.33. The van der Waals surface area contributed by atoms with Crippen LogP contribution >= 0.6 is 0 Å². The summed E-state index contributed by atoms with van der Waals surface area (Å²) in [7, 11) is 0.0847. The van der Waals surface area contributed by atoms with Crippen molar-refractivity contribution in [1.82, 2.24) is 14.1 Å². The normalized spacial score (nSPS) is 20.9. The molecule has 7 heteroatoms. The zero-order valence-electron chi connectivity index (χ0n) is 12.2. The maximum atomic E-state index is 11.6. The SMILES string of the molecule is CC(O)CN1CCN(CCCS(=O)(=O)N(C)C)CC1. The Bertz CT molecular complexity index is 349. The fraction of sp³-hybridized carbons (Fsp3) is 1.00. The third-order valence-electron chi connectivity index (χ3n) is 3.42. The first-order valence-electron chi connectivity index (χ1n) is 6.84. The van der Waals surface area contributed by atoms with Crippen molar-refractivity contribution in [2.24, 2.45) is 0 Å². The van der Waals surface area contributed by atoms with Gasteiger partial charge < -0.3 is 10.0 Å². The maximum absolute atomic E-state index is 11.6. The lowest BCUT2D eigenvalue weighted by atomic mass is 10.2. The summed E-state index contributed by atoms with van der Waals surface area (Å²) in [5.74, 6) is 0.216. The van der Waals surface area contributed by atoms with Crippen LogP contribution in [0.1, 0.15) is 13.3 Å². The van der Waals surface area contributed by atoms with Crippen molar-refractivity contribution in [1.29, 1.82) is 0 Å². The number of β-amino-alcohol motifs (C(OH)–C–C–N with tert-alkyl or cyclic N) is 1. The molecule has 1 N–H and O–H groups in total. The molecule has 1 atom stereocenters. The standard InChI is InChI=1S/C12H27N3O3S/c1-12(16)11-15-8-6-14(7-9-15)5-4-10-19(17,18)13(2)3/h12,16H,4-11H2,1-3H3. The molecule has 0 spiro atoms. The van der Waals surface area contributed by atoms with E-state index < -0.39 is 10.0 Å². The highest BCUT2D eigenvalue weighted by Crippen LogP contribution is 2.05. The Kier molecular flexibility index (Phi) is 6.68. The van der Waals surface area contributed by atoms with Crippen LogP contribution in [0.2, 0.25) is 0 Å². The number of sulfonamides is 1. The highest BCUT2D eigenvalue weighted by molar-refractivity contribution is 7.89. The van der Waals surface area contributed by atoms with Crippen LogP contribution in [-0.2, 0) is 10.0 Å². The molecule has 114 valence electrons. The molecule has 1 unspecified atom stereocenters. The van der Waals surface area contributed by atoms with Gasteiger partial charge in [-0.15, -0.1) is 0 Å². The average Bonchev–Trinajstić information content (AvgIpc) is 2.30. The monoisotopic (exact) mass is 293 g/mol. The predicted octanol–water partition coefficient (Wildman–Crippen LogP) is -0.734. The first-order valence-corrected chi connectivity index (χ1v) is 8.45. The van der Waals surface area contributed by atoms with Gasteiger partial charge in [-0.25, -0.2) is 12.7 Å². The Morgan fingerprint density at radius 3 is 2.16 bits per heavy atom. The van der Waals surface area contributed by atoms with E-state index in [0.717, 1.165) is 39.3 Å². The fourth-order valence-electron chi connectivity index (χ4n) is 2.22. The van der Waals surface area contributed by atoms with Gasteiger partial charge in [-0.2, -0.15) is 0 Å². The fourth-order valence-corrected chi connectivity index (χ4v) is 3.08. The number of aliphatic hydroxyl groups excluding tert-OH is 1. The Balaban J connectivity index is 2.20. The van der Waals surface area contributed by atoms with Crippen molar-refractivity contribution >= 4 is 10.0 Å². The van der Waals surface area contributed by atoms with E-state index in [9.17, 15) is 13.5 Å². The number of hydrogen-bond donors (Lipinski definition) is 1. The van der Waals surface area contributed by atoms with Gasteiger partial charge in [-0.05, 0) is 19.9 Å². The van der Waals surface area contributed by atoms with Gasteiger partial charge in [0.25, 0.3) is 0 Å². The molecule has 0 aromatic carbocycles. The Labute approximate surface area is 117 Å². The zero-order chi connectivity index (χ0) is 14.5. The van der Waals surface area contributed by atoms with E-state index in [1.54, 1.807) is 21.0 Å². The Morgan fingerprint density at radius 2 is 1.68 bits per heavy atom. The highest BCUT2D eigenvalue weighted by atomic mass is 32.2. The summed E-state index contributed by atoms with van der Waals surface area (Å²) in [6.45, 7) is 7.16. The van der Waals surface area contributed by atoms with Gasteiger partial charge in [0, 0.05) is 46.8 Å². The molecule has 0 aromatic rings. The zero-order valence-corrected chi connectivity index (χ0v) is 13.1. The maximum Gasteiger partial charge on any atom is 0.213 e. The van der Waals surface area contributed by atoms with Gasteiger partial charge in [-0.3, -0.25) is 4.90 Å². The first kappa shape index (κ1) is 16.8. The van der Waals surface area contributed by atoms with Crippen molar-refractivity contribution in [3.05, 3.63) is 0 Å². The Morgan fingerprint density at radius 1 is 1.16 bits per heavy atom. The molecule has 0 bridgehead atoms. The minimum atomic E-state index is -3.06. The van der Waals surface area contributed by atoms with Gasteiger partial charge in [0.2, 0.25) is 10.0 Å². The summed E-state index contributed by atoms with van der Waals surface area (Å²) in [4.78, 5) is 4.54. The predicted molar refractivity (Wildman–Crippen MR) is 76.7 cm³/mol. The van der Waals surface area contributed by atoms with Gasteiger partial charge in [0.1, 0.15) is 0 Å². The van der Waals surface area contributed by atoms with Crippen LogP contribution in [0.3, 0.4) is 0 Å². The van der Waals surface area contributed by atoms with E-state index in [1.807, 2.05) is 0 Å². The minimum absolute atomic E-state index is 0.216. The van der Waals surface area contributed by atoms with Crippen molar-refractivity contribution in [2.45, 2.75) is 19.4 Å². The average molecular weight is 293 g/mol. The number of hydrogen-bond acceptors (Lipinski definition) is 5. The first-order chi connectivity index (χ1) is 8.81. The number of nitrogens with zero attached hydrogens (tertiary/aromatic N) is 3. The van der Waals surface area contributed by atoms with Gasteiger partial charge in [0.15, 0.2) is 0 Å². The summed E-state index contributed by atoms with van der Waals surface area (Å²) >= 11 is 0. The van der Waals surface area contributed by atoms with Crippen LogP contribution in [0.15, 0.2) is 0 Å². The molecule has 1 aliphatic heterocycles. The van der Waals surface area contributed by atoms with Crippen molar-refractivity contribution in [3.8, 4) is 0 Å². The number of piperazine rings is 1. The molecule has 1 heterocycles. The third kappa shape index (κ3) is 6.18. The highest BCUT2D eigenvalue weighted by Gasteiger charge is 2.19. The largest absolute Gasteiger partial charge is 0.392 e. The van der Waals surface area contributed by atoms with Gasteiger partial charge in [0.05, 0.1) is 11.9 Å². The lowest BCUT2D eigenvalue weighted by molar-refractivity contribution is 0.0809. The van der Waals surface area contributed by atoms with Crippen LogP contribution < -0.4 is 0 Å². The molecule has 6 nitrogen and oxygen atoms in total. The van der Waals surface area contributed by atoms with E-state index in [1.165, 1.54) is 4.31 Å². The van der Waals surface area contributed by atoms with Gasteiger partial charge in [-0.1, -0.05) is 0 Å². The van der Waals surface area contributed by atoms with Gasteiger partial charge >= 0.3 is 0 Å². The molecule has 1 saturated heterocycles. The van der Waals surface area contributed by atoms with E-state index in [2.05, 4.69) is 9.80 Å². The van der Waals surface area contributed by atoms with E-state index >= 15 is 0 Å². The summed E-state index contributed by atoms with van der Waals surface area (Å²) < 4.78 is 24.5. The summed E-state index contributed by atoms with van der Waals surface area (Å²) in [6, 6.07) is 0. The molecule has 19 heavy (non-hydrogen) atoms. The lowest BCUT2D eigenvalue weighted by Crippen LogP contribution is -2.48. The molecule has 1 fully saturated rings. The molecular formula is C12H27N3O3S. The Hall–Kier alpha value is -0.210. The molecule has 0 aromatic heterocycles. The lowest BCUT2D eigenvalue weighted by Gasteiger charge is -2.35. The second-order valence-corrected chi connectivity index (χ2v) is 7.75. The smallest absolute Gasteiger partial charge is 0.213 e. The van der Waals surface area contributed by atoms with Crippen LogP contribution in [0.25, 0.3) is 0 Å². The van der Waals surface area contributed by atoms with Crippen LogP contribution in [0.4, 0.5) is 0 Å². The molecular weight excluding hydrogens is 266 g/mol. The molecule has 1 rings (SSSR count). The molecule has 1 aliphatic rings. The summed E-state index contributed by atoms with van der Waals surface area (Å²) in [5.41, 5.74) is 0. The number of rotatable bonds is 7. The van der Waals surface area contributed by atoms with E-state index in [-0.39, 0.29) is 11.9 Å². The summed E-state index contributed by atoms with van der Waals surface area (Å²) in [6.07, 6.45) is 0.397. The molecule has 0 saturated carbocycles. The van der Waals surface area contributed by atoms with E-state index in [4.69, 9.17) is 0 Å². The number of aliphatic hydroxyl groups is 1. The van der Waals surface area contributed by atoms with Crippen molar-refractivity contribution in [3.63, 3.8) is 0 Å². The van der Waals surface area contributed by atoms with Crippen LogP contribution in [-0.4, -0.2) is 92.9 Å². The van der Waals surface area contributed by atoms with Crippen LogP contribution in [0, 0.1) is 0 Å². The molecule has 0 amide bonds.